The maximum Gasteiger partial charge on any atom is 0.470 e. The van der Waals surface area contributed by atoms with E-state index >= 15 is 0 Å². The van der Waals surface area contributed by atoms with Crippen LogP contribution in [0.15, 0.2) is 6.20 Å². The van der Waals surface area contributed by atoms with Crippen molar-refractivity contribution in [1.82, 2.24) is 15.0 Å². The summed E-state index contributed by atoms with van der Waals surface area (Å²) in [5.74, 6) is 0. The van der Waals surface area contributed by atoms with E-state index in [0.29, 0.717) is 6.04 Å². The highest BCUT2D eigenvalue weighted by atomic mass is 16.7. The third kappa shape index (κ3) is 2.07. The lowest BCUT2D eigenvalue weighted by Gasteiger charge is -2.32. The summed E-state index contributed by atoms with van der Waals surface area (Å²) in [7, 11) is -0.203. The van der Waals surface area contributed by atoms with Crippen molar-refractivity contribution in [2.24, 2.45) is 0 Å². The molecule has 3 fully saturated rings. The predicted molar refractivity (Wildman–Crippen MR) is 84.5 cm³/mol. The largest absolute Gasteiger partial charge is 0.470 e. The topological polar surface area (TPSA) is 49.2 Å². The van der Waals surface area contributed by atoms with Gasteiger partial charge in [-0.2, -0.15) is 0 Å². The van der Waals surface area contributed by atoms with Gasteiger partial charge in [0.05, 0.1) is 28.3 Å². The highest BCUT2D eigenvalue weighted by molar-refractivity contribution is 6.51. The molecule has 1 aromatic heterocycles. The Morgan fingerprint density at radius 1 is 1.09 bits per heavy atom. The Morgan fingerprint density at radius 2 is 1.68 bits per heavy atom. The highest BCUT2D eigenvalue weighted by Crippen LogP contribution is 2.55. The zero-order valence-corrected chi connectivity index (χ0v) is 14.1. The smallest absolute Gasteiger partial charge is 0.403 e. The SMILES string of the molecule is CC1(C)OB(C2(c3cn(C4CCCC4)nn3)CC2)OC1(C)C. The van der Waals surface area contributed by atoms with Crippen LogP contribution < -0.4 is 0 Å². The van der Waals surface area contributed by atoms with Gasteiger partial charge in [-0.05, 0) is 53.4 Å². The molecule has 2 heterocycles. The Hall–Kier alpha value is -0.875. The van der Waals surface area contributed by atoms with E-state index in [1.54, 1.807) is 0 Å². The summed E-state index contributed by atoms with van der Waals surface area (Å²) in [6, 6.07) is 0.537. The first-order valence-electron chi connectivity index (χ1n) is 8.62. The van der Waals surface area contributed by atoms with Gasteiger partial charge in [0.15, 0.2) is 0 Å². The van der Waals surface area contributed by atoms with Crippen LogP contribution in [0.4, 0.5) is 0 Å². The molecule has 120 valence electrons. The standard InChI is InChI=1S/C16H26BN3O2/c1-14(2)15(3,4)22-17(21-14)16(9-10-16)13-11-20(19-18-13)12-7-5-6-8-12/h11-12H,5-10H2,1-4H3. The molecule has 6 heteroatoms. The van der Waals surface area contributed by atoms with Crippen molar-refractivity contribution in [1.29, 1.82) is 0 Å². The summed E-state index contributed by atoms with van der Waals surface area (Å²) in [5, 5.41) is 8.81. The van der Waals surface area contributed by atoms with Crippen LogP contribution in [0.25, 0.3) is 0 Å². The second-order valence-corrected chi connectivity index (χ2v) is 8.27. The summed E-state index contributed by atoms with van der Waals surface area (Å²) in [6.07, 6.45) is 9.37. The van der Waals surface area contributed by atoms with Gasteiger partial charge in [0.1, 0.15) is 0 Å². The van der Waals surface area contributed by atoms with Crippen molar-refractivity contribution < 1.29 is 9.31 Å². The number of nitrogens with zero attached hydrogens (tertiary/aromatic N) is 3. The molecular weight excluding hydrogens is 277 g/mol. The Morgan fingerprint density at radius 3 is 2.23 bits per heavy atom. The lowest BCUT2D eigenvalue weighted by molar-refractivity contribution is 0.00578. The molecule has 22 heavy (non-hydrogen) atoms. The van der Waals surface area contributed by atoms with Crippen LogP contribution in [-0.4, -0.2) is 33.3 Å². The van der Waals surface area contributed by atoms with E-state index in [9.17, 15) is 0 Å². The fourth-order valence-electron chi connectivity index (χ4n) is 3.67. The Bertz CT molecular complexity index is 558. The van der Waals surface area contributed by atoms with Crippen LogP contribution in [0.1, 0.15) is 78.0 Å². The maximum atomic E-state index is 6.28. The summed E-state index contributed by atoms with van der Waals surface area (Å²) in [4.78, 5) is 0. The van der Waals surface area contributed by atoms with E-state index in [1.807, 2.05) is 0 Å². The van der Waals surface area contributed by atoms with Gasteiger partial charge in [0.25, 0.3) is 0 Å². The zero-order valence-electron chi connectivity index (χ0n) is 14.1. The summed E-state index contributed by atoms with van der Waals surface area (Å²) in [6.45, 7) is 8.44. The van der Waals surface area contributed by atoms with Crippen molar-refractivity contribution in [3.05, 3.63) is 11.9 Å². The summed E-state index contributed by atoms with van der Waals surface area (Å²) >= 11 is 0. The Kier molecular flexibility index (Phi) is 3.06. The monoisotopic (exact) mass is 303 g/mol. The van der Waals surface area contributed by atoms with Gasteiger partial charge in [-0.15, -0.1) is 5.10 Å². The molecule has 0 N–H and O–H groups in total. The second-order valence-electron chi connectivity index (χ2n) is 8.27. The van der Waals surface area contributed by atoms with E-state index in [4.69, 9.17) is 9.31 Å². The molecule has 2 aliphatic carbocycles. The van der Waals surface area contributed by atoms with Crippen LogP contribution in [0, 0.1) is 0 Å². The first-order valence-corrected chi connectivity index (χ1v) is 8.62. The molecule has 0 atom stereocenters. The number of aromatic nitrogens is 3. The van der Waals surface area contributed by atoms with Gasteiger partial charge in [0.2, 0.25) is 0 Å². The van der Waals surface area contributed by atoms with Gasteiger partial charge in [-0.25, -0.2) is 4.68 Å². The molecule has 5 nitrogen and oxygen atoms in total. The summed E-state index contributed by atoms with van der Waals surface area (Å²) in [5.41, 5.74) is 0.488. The molecule has 0 aromatic carbocycles. The van der Waals surface area contributed by atoms with Gasteiger partial charge >= 0.3 is 7.12 Å². The van der Waals surface area contributed by atoms with Crippen molar-refractivity contribution in [3.8, 4) is 0 Å². The van der Waals surface area contributed by atoms with E-state index in [2.05, 4.69) is 48.9 Å². The van der Waals surface area contributed by atoms with Crippen LogP contribution in [0.2, 0.25) is 0 Å². The molecule has 0 spiro atoms. The first-order chi connectivity index (χ1) is 10.3. The molecule has 0 bridgehead atoms. The Labute approximate surface area is 132 Å². The van der Waals surface area contributed by atoms with Crippen molar-refractivity contribution >= 4 is 7.12 Å². The van der Waals surface area contributed by atoms with Gasteiger partial charge in [0, 0.05) is 6.20 Å². The molecule has 1 saturated heterocycles. The lowest BCUT2D eigenvalue weighted by atomic mass is 9.66. The minimum atomic E-state index is -0.283. The van der Waals surface area contributed by atoms with Crippen LogP contribution >= 0.6 is 0 Å². The number of rotatable bonds is 3. The quantitative estimate of drug-likeness (QED) is 0.805. The number of hydrogen-bond acceptors (Lipinski definition) is 4. The normalized spacial score (nSPS) is 29.2. The van der Waals surface area contributed by atoms with Gasteiger partial charge in [-0.1, -0.05) is 18.1 Å². The third-order valence-electron chi connectivity index (χ3n) is 6.21. The van der Waals surface area contributed by atoms with Crippen LogP contribution in [0.5, 0.6) is 0 Å². The Balaban J connectivity index is 1.57. The minimum Gasteiger partial charge on any atom is -0.403 e. The fourth-order valence-corrected chi connectivity index (χ4v) is 3.67. The molecule has 3 aliphatic rings. The molecule has 2 saturated carbocycles. The van der Waals surface area contributed by atoms with Crippen molar-refractivity contribution in [2.45, 2.75) is 88.8 Å². The second kappa shape index (κ2) is 4.57. The van der Waals surface area contributed by atoms with Crippen molar-refractivity contribution in [3.63, 3.8) is 0 Å². The molecule has 1 aromatic rings. The predicted octanol–water partition coefficient (Wildman–Crippen LogP) is 3.06. The molecule has 1 aliphatic heterocycles. The zero-order chi connectivity index (χ0) is 15.6. The van der Waals surface area contributed by atoms with E-state index in [0.717, 1.165) is 18.5 Å². The third-order valence-corrected chi connectivity index (χ3v) is 6.21. The molecule has 0 unspecified atom stereocenters. The average molecular weight is 303 g/mol. The summed E-state index contributed by atoms with van der Waals surface area (Å²) < 4.78 is 14.6. The van der Waals surface area contributed by atoms with Gasteiger partial charge < -0.3 is 9.31 Å². The van der Waals surface area contributed by atoms with E-state index < -0.39 is 0 Å². The molecule has 4 rings (SSSR count). The van der Waals surface area contributed by atoms with Crippen molar-refractivity contribution in [2.75, 3.05) is 0 Å². The molecule has 0 amide bonds. The lowest BCUT2D eigenvalue weighted by Crippen LogP contribution is -2.41. The van der Waals surface area contributed by atoms with E-state index in [1.165, 1.54) is 25.7 Å². The molecule has 0 radical (unpaired) electrons. The van der Waals surface area contributed by atoms with E-state index in [-0.39, 0.29) is 23.6 Å². The van der Waals surface area contributed by atoms with Crippen LogP contribution in [0.3, 0.4) is 0 Å². The average Bonchev–Trinajstić information content (AvgIpc) is 2.83. The molecular formula is C16H26BN3O2. The fraction of sp³-hybridized carbons (Fsp3) is 0.875. The minimum absolute atomic E-state index is 0.0815. The van der Waals surface area contributed by atoms with Crippen LogP contribution in [-0.2, 0) is 14.6 Å². The number of hydrogen-bond donors (Lipinski definition) is 0. The maximum absolute atomic E-state index is 6.28. The van der Waals surface area contributed by atoms with Gasteiger partial charge in [-0.3, -0.25) is 0 Å². The highest BCUT2D eigenvalue weighted by Gasteiger charge is 2.66. The first kappa shape index (κ1) is 14.7.